The quantitative estimate of drug-likeness (QED) is 0.846. The van der Waals surface area contributed by atoms with Gasteiger partial charge in [0.1, 0.15) is 0 Å². The number of aliphatic hydroxyl groups excluding tert-OH is 1. The molecule has 2 aromatic rings. The van der Waals surface area contributed by atoms with E-state index in [1.54, 1.807) is 17.1 Å². The molecule has 0 fully saturated rings. The first kappa shape index (κ1) is 14.3. The average molecular weight is 273 g/mol. The zero-order chi connectivity index (χ0) is 14.4. The van der Waals surface area contributed by atoms with Crippen molar-refractivity contribution in [3.05, 3.63) is 47.8 Å². The minimum absolute atomic E-state index is 0.163. The Kier molecular flexibility index (Phi) is 4.90. The van der Waals surface area contributed by atoms with Crippen LogP contribution in [0.4, 0.5) is 5.69 Å². The van der Waals surface area contributed by atoms with Gasteiger partial charge in [0.25, 0.3) is 5.91 Å². The molecule has 0 aliphatic rings. The van der Waals surface area contributed by atoms with E-state index in [0.29, 0.717) is 5.56 Å². The SMILES string of the molecule is CCn1cc(C(=O)Nc2cccc(CCCO)c2)cn1. The van der Waals surface area contributed by atoms with E-state index in [9.17, 15) is 4.79 Å². The van der Waals surface area contributed by atoms with Crippen LogP contribution in [0.15, 0.2) is 36.7 Å². The van der Waals surface area contributed by atoms with Gasteiger partial charge >= 0.3 is 0 Å². The smallest absolute Gasteiger partial charge is 0.258 e. The van der Waals surface area contributed by atoms with Crippen molar-refractivity contribution in [1.29, 1.82) is 0 Å². The number of aryl methyl sites for hydroxylation is 2. The number of rotatable bonds is 6. The maximum Gasteiger partial charge on any atom is 0.258 e. The molecule has 5 heteroatoms. The van der Waals surface area contributed by atoms with Gasteiger partial charge in [-0.1, -0.05) is 12.1 Å². The number of nitrogens with zero attached hydrogens (tertiary/aromatic N) is 2. The molecule has 0 saturated carbocycles. The first-order valence-electron chi connectivity index (χ1n) is 6.76. The Morgan fingerprint density at radius 1 is 1.45 bits per heavy atom. The van der Waals surface area contributed by atoms with Crippen LogP contribution in [0.1, 0.15) is 29.3 Å². The number of benzene rings is 1. The van der Waals surface area contributed by atoms with Gasteiger partial charge in [0.15, 0.2) is 0 Å². The molecule has 0 spiro atoms. The van der Waals surface area contributed by atoms with Crippen molar-refractivity contribution in [1.82, 2.24) is 9.78 Å². The molecule has 0 atom stereocenters. The molecule has 2 N–H and O–H groups in total. The first-order valence-corrected chi connectivity index (χ1v) is 6.76. The summed E-state index contributed by atoms with van der Waals surface area (Å²) in [5.74, 6) is -0.163. The predicted octanol–water partition coefficient (Wildman–Crippen LogP) is 2.08. The number of hydrogen-bond acceptors (Lipinski definition) is 3. The van der Waals surface area contributed by atoms with Crippen LogP contribution in [0.2, 0.25) is 0 Å². The second kappa shape index (κ2) is 6.86. The third-order valence-corrected chi connectivity index (χ3v) is 3.03. The molecular formula is C15H19N3O2. The normalized spacial score (nSPS) is 10.5. The topological polar surface area (TPSA) is 67.2 Å². The van der Waals surface area contributed by atoms with Gasteiger partial charge in [0, 0.05) is 25.0 Å². The van der Waals surface area contributed by atoms with Crippen LogP contribution in [0.25, 0.3) is 0 Å². The summed E-state index contributed by atoms with van der Waals surface area (Å²) in [4.78, 5) is 12.1. The highest BCUT2D eigenvalue weighted by Crippen LogP contribution is 2.13. The molecule has 0 saturated heterocycles. The van der Waals surface area contributed by atoms with Gasteiger partial charge in [-0.2, -0.15) is 5.10 Å². The van der Waals surface area contributed by atoms with E-state index in [4.69, 9.17) is 5.11 Å². The summed E-state index contributed by atoms with van der Waals surface area (Å²) in [5.41, 5.74) is 2.41. The zero-order valence-corrected chi connectivity index (χ0v) is 11.5. The highest BCUT2D eigenvalue weighted by Gasteiger charge is 2.08. The second-order valence-electron chi connectivity index (χ2n) is 4.57. The summed E-state index contributed by atoms with van der Waals surface area (Å²) in [6.45, 7) is 2.88. The summed E-state index contributed by atoms with van der Waals surface area (Å²) >= 11 is 0. The van der Waals surface area contributed by atoms with Crippen molar-refractivity contribution in [2.45, 2.75) is 26.3 Å². The van der Waals surface area contributed by atoms with Crippen molar-refractivity contribution < 1.29 is 9.90 Å². The van der Waals surface area contributed by atoms with Gasteiger partial charge in [-0.25, -0.2) is 0 Å². The predicted molar refractivity (Wildman–Crippen MR) is 77.7 cm³/mol. The van der Waals surface area contributed by atoms with Gasteiger partial charge < -0.3 is 10.4 Å². The number of aliphatic hydroxyl groups is 1. The largest absolute Gasteiger partial charge is 0.396 e. The Morgan fingerprint density at radius 2 is 2.30 bits per heavy atom. The lowest BCUT2D eigenvalue weighted by Crippen LogP contribution is -2.11. The Bertz CT molecular complexity index is 578. The van der Waals surface area contributed by atoms with Gasteiger partial charge in [0.05, 0.1) is 11.8 Å². The maximum atomic E-state index is 12.1. The molecule has 0 unspecified atom stereocenters. The van der Waals surface area contributed by atoms with Crippen LogP contribution in [-0.2, 0) is 13.0 Å². The number of carbonyl (C=O) groups excluding carboxylic acids is 1. The van der Waals surface area contributed by atoms with E-state index in [-0.39, 0.29) is 12.5 Å². The van der Waals surface area contributed by atoms with Crippen LogP contribution < -0.4 is 5.32 Å². The van der Waals surface area contributed by atoms with E-state index in [0.717, 1.165) is 30.6 Å². The third-order valence-electron chi connectivity index (χ3n) is 3.03. The molecule has 1 aromatic heterocycles. The lowest BCUT2D eigenvalue weighted by molar-refractivity contribution is 0.102. The molecule has 20 heavy (non-hydrogen) atoms. The van der Waals surface area contributed by atoms with Gasteiger partial charge in [-0.3, -0.25) is 9.48 Å². The molecule has 106 valence electrons. The molecule has 1 amide bonds. The first-order chi connectivity index (χ1) is 9.72. The van der Waals surface area contributed by atoms with Crippen LogP contribution >= 0.6 is 0 Å². The Labute approximate surface area is 118 Å². The fraction of sp³-hybridized carbons (Fsp3) is 0.333. The Balaban J connectivity index is 2.03. The number of hydrogen-bond donors (Lipinski definition) is 2. The van der Waals surface area contributed by atoms with E-state index in [1.807, 2.05) is 31.2 Å². The summed E-state index contributed by atoms with van der Waals surface area (Å²) in [6.07, 6.45) is 4.81. The summed E-state index contributed by atoms with van der Waals surface area (Å²) in [7, 11) is 0. The molecular weight excluding hydrogens is 254 g/mol. The molecule has 0 bridgehead atoms. The molecule has 0 aliphatic carbocycles. The summed E-state index contributed by atoms with van der Waals surface area (Å²) in [6, 6.07) is 7.67. The van der Waals surface area contributed by atoms with Crippen molar-refractivity contribution in [3.63, 3.8) is 0 Å². The van der Waals surface area contributed by atoms with Crippen molar-refractivity contribution >= 4 is 11.6 Å². The fourth-order valence-corrected chi connectivity index (χ4v) is 1.94. The van der Waals surface area contributed by atoms with Crippen molar-refractivity contribution in [2.75, 3.05) is 11.9 Å². The lowest BCUT2D eigenvalue weighted by atomic mass is 10.1. The molecule has 0 aliphatic heterocycles. The van der Waals surface area contributed by atoms with Crippen LogP contribution in [0.5, 0.6) is 0 Å². The van der Waals surface area contributed by atoms with E-state index < -0.39 is 0 Å². The average Bonchev–Trinajstić information content (AvgIpc) is 2.94. The van der Waals surface area contributed by atoms with Crippen LogP contribution in [0.3, 0.4) is 0 Å². The van der Waals surface area contributed by atoms with E-state index in [1.165, 1.54) is 0 Å². The molecule has 1 heterocycles. The number of carbonyl (C=O) groups is 1. The van der Waals surface area contributed by atoms with E-state index >= 15 is 0 Å². The minimum Gasteiger partial charge on any atom is -0.396 e. The maximum absolute atomic E-state index is 12.1. The Hall–Kier alpha value is -2.14. The number of anilines is 1. The summed E-state index contributed by atoms with van der Waals surface area (Å²) in [5, 5.41) is 15.8. The van der Waals surface area contributed by atoms with Gasteiger partial charge in [-0.05, 0) is 37.5 Å². The molecule has 0 radical (unpaired) electrons. The highest BCUT2D eigenvalue weighted by atomic mass is 16.2. The molecule has 2 rings (SSSR count). The lowest BCUT2D eigenvalue weighted by Gasteiger charge is -2.06. The van der Waals surface area contributed by atoms with Crippen LogP contribution in [0, 0.1) is 0 Å². The molecule has 1 aromatic carbocycles. The zero-order valence-electron chi connectivity index (χ0n) is 11.5. The fourth-order valence-electron chi connectivity index (χ4n) is 1.94. The Morgan fingerprint density at radius 3 is 3.00 bits per heavy atom. The molecule has 5 nitrogen and oxygen atoms in total. The monoisotopic (exact) mass is 273 g/mol. The van der Waals surface area contributed by atoms with Crippen LogP contribution in [-0.4, -0.2) is 27.4 Å². The summed E-state index contributed by atoms with van der Waals surface area (Å²) < 4.78 is 1.71. The highest BCUT2D eigenvalue weighted by molar-refractivity contribution is 6.03. The number of amides is 1. The van der Waals surface area contributed by atoms with Gasteiger partial charge in [-0.15, -0.1) is 0 Å². The van der Waals surface area contributed by atoms with E-state index in [2.05, 4.69) is 10.4 Å². The second-order valence-corrected chi connectivity index (χ2v) is 4.57. The third kappa shape index (κ3) is 3.68. The van der Waals surface area contributed by atoms with Crippen molar-refractivity contribution in [3.8, 4) is 0 Å². The minimum atomic E-state index is -0.163. The standard InChI is InChI=1S/C15H19N3O2/c1-2-18-11-13(10-16-18)15(20)17-14-7-3-5-12(9-14)6-4-8-19/h3,5,7,9-11,19H,2,4,6,8H2,1H3,(H,17,20). The van der Waals surface area contributed by atoms with Gasteiger partial charge in [0.2, 0.25) is 0 Å². The number of nitrogens with one attached hydrogen (secondary N) is 1. The number of aromatic nitrogens is 2. The van der Waals surface area contributed by atoms with Crippen molar-refractivity contribution in [2.24, 2.45) is 0 Å².